The first-order chi connectivity index (χ1) is 9.15. The lowest BCUT2D eigenvalue weighted by Crippen LogP contribution is -2.10. The summed E-state index contributed by atoms with van der Waals surface area (Å²) in [7, 11) is 1.31. The molecule has 1 heterocycles. The molecule has 0 fully saturated rings. The summed E-state index contributed by atoms with van der Waals surface area (Å²) in [6.07, 6.45) is 2.30. The Bertz CT molecular complexity index is 622. The molecule has 2 aromatic rings. The molecule has 0 unspecified atom stereocenters. The van der Waals surface area contributed by atoms with E-state index in [0.29, 0.717) is 28.1 Å². The molecule has 0 aliphatic carbocycles. The van der Waals surface area contributed by atoms with Crippen molar-refractivity contribution in [2.24, 2.45) is 0 Å². The summed E-state index contributed by atoms with van der Waals surface area (Å²) in [4.78, 5) is 22.3. The molecular formula is C13H11ClN2O3. The third-order valence-corrected chi connectivity index (χ3v) is 2.98. The molecule has 0 aliphatic rings. The lowest BCUT2D eigenvalue weighted by molar-refractivity contribution is 0.0599. The van der Waals surface area contributed by atoms with Crippen molar-refractivity contribution in [1.29, 1.82) is 0 Å². The highest BCUT2D eigenvalue weighted by molar-refractivity contribution is 6.31. The van der Waals surface area contributed by atoms with Gasteiger partial charge in [-0.25, -0.2) is 4.79 Å². The molecule has 0 saturated carbocycles. The van der Waals surface area contributed by atoms with Crippen molar-refractivity contribution >= 4 is 23.9 Å². The first-order valence-electron chi connectivity index (χ1n) is 5.50. The van der Waals surface area contributed by atoms with Gasteiger partial charge in [0, 0.05) is 16.8 Å². The fourth-order valence-electron chi connectivity index (χ4n) is 1.71. The minimum absolute atomic E-state index is 0.290. The first-order valence-corrected chi connectivity index (χ1v) is 5.88. The number of halogens is 1. The molecule has 5 nitrogen and oxygen atoms in total. The zero-order chi connectivity index (χ0) is 13.8. The van der Waals surface area contributed by atoms with Crippen LogP contribution in [0.15, 0.2) is 30.5 Å². The fourth-order valence-corrected chi connectivity index (χ4v) is 1.95. The molecule has 0 amide bonds. The van der Waals surface area contributed by atoms with Crippen molar-refractivity contribution in [3.8, 4) is 0 Å². The Labute approximate surface area is 114 Å². The molecule has 19 heavy (non-hydrogen) atoms. The highest BCUT2D eigenvalue weighted by Gasteiger charge is 2.15. The molecule has 1 aromatic carbocycles. The molecule has 0 saturated heterocycles. The number of benzene rings is 1. The Morgan fingerprint density at radius 1 is 1.47 bits per heavy atom. The van der Waals surface area contributed by atoms with Crippen LogP contribution in [0.5, 0.6) is 0 Å². The molecule has 0 radical (unpaired) electrons. The van der Waals surface area contributed by atoms with Crippen LogP contribution < -0.4 is 0 Å². The molecule has 98 valence electrons. The maximum absolute atomic E-state index is 11.7. The maximum atomic E-state index is 11.7. The molecule has 2 rings (SSSR count). The van der Waals surface area contributed by atoms with Crippen LogP contribution in [0.3, 0.4) is 0 Å². The number of carbonyl (C=O) groups excluding carboxylic acids is 2. The van der Waals surface area contributed by atoms with Crippen LogP contribution in [0.1, 0.15) is 26.4 Å². The number of rotatable bonds is 4. The van der Waals surface area contributed by atoms with Crippen LogP contribution in [0.4, 0.5) is 0 Å². The highest BCUT2D eigenvalue weighted by Crippen LogP contribution is 2.21. The van der Waals surface area contributed by atoms with Gasteiger partial charge in [-0.05, 0) is 18.2 Å². The summed E-state index contributed by atoms with van der Waals surface area (Å²) < 4.78 is 6.25. The molecule has 0 spiro atoms. The second-order valence-electron chi connectivity index (χ2n) is 3.81. The van der Waals surface area contributed by atoms with E-state index < -0.39 is 5.97 Å². The quantitative estimate of drug-likeness (QED) is 0.635. The van der Waals surface area contributed by atoms with E-state index in [1.807, 2.05) is 0 Å². The van der Waals surface area contributed by atoms with E-state index in [9.17, 15) is 9.59 Å². The van der Waals surface area contributed by atoms with Crippen LogP contribution in [-0.2, 0) is 11.3 Å². The van der Waals surface area contributed by atoms with Gasteiger partial charge in [-0.3, -0.25) is 9.48 Å². The minimum Gasteiger partial charge on any atom is -0.465 e. The number of nitrogens with zero attached hydrogens (tertiary/aromatic N) is 2. The molecule has 6 heteroatoms. The predicted molar refractivity (Wildman–Crippen MR) is 69.5 cm³/mol. The first kappa shape index (κ1) is 13.3. The number of aromatic nitrogens is 2. The number of carbonyl (C=O) groups is 2. The Hall–Kier alpha value is -2.14. The number of aldehydes is 1. The topological polar surface area (TPSA) is 61.2 Å². The molecule has 0 aliphatic heterocycles. The van der Waals surface area contributed by atoms with E-state index in [0.717, 1.165) is 0 Å². The van der Waals surface area contributed by atoms with E-state index in [-0.39, 0.29) is 6.54 Å². The fraction of sp³-hybridized carbons (Fsp3) is 0.154. The summed E-state index contributed by atoms with van der Waals surface area (Å²) in [5.74, 6) is -0.458. The average Bonchev–Trinajstić information content (AvgIpc) is 2.88. The van der Waals surface area contributed by atoms with Crippen molar-refractivity contribution in [1.82, 2.24) is 9.78 Å². The van der Waals surface area contributed by atoms with Crippen LogP contribution in [0.2, 0.25) is 5.02 Å². The zero-order valence-corrected chi connectivity index (χ0v) is 10.9. The summed E-state index contributed by atoms with van der Waals surface area (Å²) in [6.45, 7) is 0.290. The Balaban J connectivity index is 2.38. The molecule has 1 aromatic heterocycles. The van der Waals surface area contributed by atoms with Gasteiger partial charge in [0.2, 0.25) is 0 Å². The number of methoxy groups -OCH3 is 1. The monoisotopic (exact) mass is 278 g/mol. The Morgan fingerprint density at radius 2 is 2.26 bits per heavy atom. The minimum atomic E-state index is -0.458. The lowest BCUT2D eigenvalue weighted by atomic mass is 10.1. The SMILES string of the molecule is COC(=O)c1cccc(Cl)c1Cn1ccc(C=O)n1. The van der Waals surface area contributed by atoms with Gasteiger partial charge >= 0.3 is 5.97 Å². The van der Waals surface area contributed by atoms with Gasteiger partial charge in [-0.1, -0.05) is 17.7 Å². The number of esters is 1. The number of hydrogen-bond acceptors (Lipinski definition) is 4. The van der Waals surface area contributed by atoms with Gasteiger partial charge in [-0.15, -0.1) is 0 Å². The van der Waals surface area contributed by atoms with Gasteiger partial charge in [0.1, 0.15) is 5.69 Å². The second kappa shape index (κ2) is 5.67. The van der Waals surface area contributed by atoms with Crippen molar-refractivity contribution in [3.63, 3.8) is 0 Å². The van der Waals surface area contributed by atoms with E-state index >= 15 is 0 Å². The van der Waals surface area contributed by atoms with Crippen molar-refractivity contribution in [2.45, 2.75) is 6.54 Å². The Kier molecular flexibility index (Phi) is 3.97. The molecule has 0 atom stereocenters. The second-order valence-corrected chi connectivity index (χ2v) is 4.22. The average molecular weight is 279 g/mol. The smallest absolute Gasteiger partial charge is 0.338 e. The highest BCUT2D eigenvalue weighted by atomic mass is 35.5. The van der Waals surface area contributed by atoms with Crippen LogP contribution >= 0.6 is 11.6 Å². The molecular weight excluding hydrogens is 268 g/mol. The van der Waals surface area contributed by atoms with Crippen LogP contribution in [0.25, 0.3) is 0 Å². The maximum Gasteiger partial charge on any atom is 0.338 e. The van der Waals surface area contributed by atoms with Gasteiger partial charge in [0.05, 0.1) is 19.2 Å². The van der Waals surface area contributed by atoms with Crippen LogP contribution in [-0.4, -0.2) is 29.1 Å². The summed E-state index contributed by atoms with van der Waals surface area (Å²) in [6, 6.07) is 6.59. The van der Waals surface area contributed by atoms with Gasteiger partial charge < -0.3 is 4.74 Å². The van der Waals surface area contributed by atoms with E-state index in [2.05, 4.69) is 5.10 Å². The lowest BCUT2D eigenvalue weighted by Gasteiger charge is -2.10. The standard InChI is InChI=1S/C13H11ClN2O3/c1-19-13(18)10-3-2-4-12(14)11(10)7-16-6-5-9(8-17)15-16/h2-6,8H,7H2,1H3. The van der Waals surface area contributed by atoms with E-state index in [1.54, 1.807) is 30.5 Å². The molecule has 0 N–H and O–H groups in total. The van der Waals surface area contributed by atoms with Gasteiger partial charge in [0.25, 0.3) is 0 Å². The normalized spacial score (nSPS) is 10.2. The van der Waals surface area contributed by atoms with Crippen molar-refractivity contribution < 1.29 is 14.3 Å². The predicted octanol–water partition coefficient (Wildman–Crippen LogP) is 2.18. The number of ether oxygens (including phenoxy) is 1. The van der Waals surface area contributed by atoms with Gasteiger partial charge in [-0.2, -0.15) is 5.10 Å². The summed E-state index contributed by atoms with van der Waals surface area (Å²) >= 11 is 6.10. The van der Waals surface area contributed by atoms with Crippen molar-refractivity contribution in [2.75, 3.05) is 7.11 Å². The zero-order valence-electron chi connectivity index (χ0n) is 10.2. The third kappa shape index (κ3) is 2.82. The van der Waals surface area contributed by atoms with Crippen molar-refractivity contribution in [3.05, 3.63) is 52.3 Å². The van der Waals surface area contributed by atoms with Gasteiger partial charge in [0.15, 0.2) is 6.29 Å². The third-order valence-electron chi connectivity index (χ3n) is 2.63. The largest absolute Gasteiger partial charge is 0.465 e. The van der Waals surface area contributed by atoms with E-state index in [4.69, 9.17) is 16.3 Å². The van der Waals surface area contributed by atoms with Crippen LogP contribution in [0, 0.1) is 0 Å². The summed E-state index contributed by atoms with van der Waals surface area (Å²) in [5.41, 5.74) is 1.32. The number of hydrogen-bond donors (Lipinski definition) is 0. The van der Waals surface area contributed by atoms with E-state index in [1.165, 1.54) is 11.8 Å². The summed E-state index contributed by atoms with van der Waals surface area (Å²) in [5, 5.41) is 4.48. The molecule has 0 bridgehead atoms. The Morgan fingerprint density at radius 3 is 2.89 bits per heavy atom.